The lowest BCUT2D eigenvalue weighted by molar-refractivity contribution is -0.121. The average molecular weight is 385 g/mol. The Morgan fingerprint density at radius 3 is 2.89 bits per heavy atom. The lowest BCUT2D eigenvalue weighted by Crippen LogP contribution is -2.30. The molecular weight excluding hydrogens is 360 g/mol. The van der Waals surface area contributed by atoms with Gasteiger partial charge in [-0.1, -0.05) is 23.9 Å². The molecule has 1 aromatic carbocycles. The Kier molecular flexibility index (Phi) is 6.36. The number of anilines is 1. The molecule has 0 fully saturated rings. The maximum absolute atomic E-state index is 12.4. The van der Waals surface area contributed by atoms with Crippen LogP contribution in [0.5, 0.6) is 0 Å². The van der Waals surface area contributed by atoms with E-state index < -0.39 is 0 Å². The molecule has 0 spiro atoms. The van der Waals surface area contributed by atoms with Gasteiger partial charge in [0.15, 0.2) is 0 Å². The molecule has 1 aliphatic heterocycles. The number of rotatable bonds is 7. The number of aromatic nitrogens is 1. The van der Waals surface area contributed by atoms with Gasteiger partial charge in [-0.05, 0) is 57.4 Å². The van der Waals surface area contributed by atoms with Crippen molar-refractivity contribution in [2.45, 2.75) is 17.9 Å². The molecule has 1 aliphatic rings. The minimum atomic E-state index is -0.125. The van der Waals surface area contributed by atoms with Crippen LogP contribution in [0, 0.1) is 0 Å². The van der Waals surface area contributed by atoms with Crippen LogP contribution in [0.15, 0.2) is 52.4 Å². The largest absolute Gasteiger partial charge is 0.355 e. The molecular formula is C20H24N4O2S. The van der Waals surface area contributed by atoms with Crippen LogP contribution in [0.4, 0.5) is 5.69 Å². The molecule has 1 aromatic heterocycles. The van der Waals surface area contributed by atoms with Crippen molar-refractivity contribution in [1.82, 2.24) is 14.8 Å². The number of nitrogens with one attached hydrogen (secondary N) is 2. The second-order valence-corrected chi connectivity index (χ2v) is 7.71. The molecule has 142 valence electrons. The first kappa shape index (κ1) is 19.3. The van der Waals surface area contributed by atoms with E-state index in [0.717, 1.165) is 29.2 Å². The molecule has 7 heteroatoms. The van der Waals surface area contributed by atoms with Crippen LogP contribution in [0.3, 0.4) is 0 Å². The summed E-state index contributed by atoms with van der Waals surface area (Å²) >= 11 is 1.44. The molecule has 0 radical (unpaired) electrons. The van der Waals surface area contributed by atoms with Gasteiger partial charge in [-0.25, -0.2) is 0 Å². The summed E-state index contributed by atoms with van der Waals surface area (Å²) < 4.78 is 1.85. The normalized spacial score (nSPS) is 14.9. The summed E-state index contributed by atoms with van der Waals surface area (Å²) in [6.45, 7) is 1.83. The monoisotopic (exact) mass is 384 g/mol. The predicted molar refractivity (Wildman–Crippen MR) is 110 cm³/mol. The molecule has 0 saturated heterocycles. The maximum Gasteiger partial charge on any atom is 0.262 e. The van der Waals surface area contributed by atoms with E-state index in [2.05, 4.69) is 15.5 Å². The van der Waals surface area contributed by atoms with E-state index in [0.29, 0.717) is 11.4 Å². The molecule has 2 amide bonds. The van der Waals surface area contributed by atoms with Gasteiger partial charge < -0.3 is 20.1 Å². The lowest BCUT2D eigenvalue weighted by atomic mass is 10.3. The summed E-state index contributed by atoms with van der Waals surface area (Å²) in [5, 5.41) is 5.84. The van der Waals surface area contributed by atoms with E-state index in [9.17, 15) is 9.59 Å². The molecule has 2 heterocycles. The van der Waals surface area contributed by atoms with E-state index in [1.165, 1.54) is 11.8 Å². The number of thioether (sulfide) groups is 1. The zero-order chi connectivity index (χ0) is 19.2. The second-order valence-electron chi connectivity index (χ2n) is 6.63. The van der Waals surface area contributed by atoms with E-state index >= 15 is 0 Å². The van der Waals surface area contributed by atoms with Crippen LogP contribution < -0.4 is 10.6 Å². The van der Waals surface area contributed by atoms with Crippen LogP contribution >= 0.6 is 11.8 Å². The van der Waals surface area contributed by atoms with Crippen LogP contribution in [0.25, 0.3) is 6.08 Å². The summed E-state index contributed by atoms with van der Waals surface area (Å²) in [6.07, 6.45) is 4.60. The number of hydrogen-bond acceptors (Lipinski definition) is 4. The zero-order valence-electron chi connectivity index (χ0n) is 15.6. The highest BCUT2D eigenvalue weighted by molar-refractivity contribution is 8.04. The first-order valence-corrected chi connectivity index (χ1v) is 9.71. The van der Waals surface area contributed by atoms with Crippen molar-refractivity contribution in [3.05, 3.63) is 53.2 Å². The molecule has 0 unspecified atom stereocenters. The third kappa shape index (κ3) is 5.24. The van der Waals surface area contributed by atoms with Gasteiger partial charge in [0, 0.05) is 23.3 Å². The van der Waals surface area contributed by atoms with Gasteiger partial charge in [0.25, 0.3) is 5.91 Å². The van der Waals surface area contributed by atoms with Crippen LogP contribution in [-0.4, -0.2) is 48.5 Å². The summed E-state index contributed by atoms with van der Waals surface area (Å²) in [5.74, 6) is -0.157. The van der Waals surface area contributed by atoms with Crippen molar-refractivity contribution in [2.75, 3.05) is 32.5 Å². The Hall–Kier alpha value is -2.51. The van der Waals surface area contributed by atoms with Gasteiger partial charge in [0.1, 0.15) is 6.54 Å². The Balaban J connectivity index is 1.64. The Morgan fingerprint density at radius 1 is 1.26 bits per heavy atom. The number of carbonyl (C=O) groups excluding carboxylic acids is 2. The van der Waals surface area contributed by atoms with E-state index in [1.54, 1.807) is 0 Å². The molecule has 2 N–H and O–H groups in total. The number of nitrogens with zero attached hydrogens (tertiary/aromatic N) is 2. The number of carbonyl (C=O) groups is 2. The molecule has 0 saturated carbocycles. The number of hydrogen-bond donors (Lipinski definition) is 2. The summed E-state index contributed by atoms with van der Waals surface area (Å²) in [6, 6.07) is 11.5. The van der Waals surface area contributed by atoms with E-state index in [-0.39, 0.29) is 18.4 Å². The topological polar surface area (TPSA) is 66.4 Å². The molecule has 3 rings (SSSR count). The first-order valence-electron chi connectivity index (χ1n) is 8.89. The summed E-state index contributed by atoms with van der Waals surface area (Å²) in [4.78, 5) is 28.2. The Morgan fingerprint density at radius 2 is 2.07 bits per heavy atom. The smallest absolute Gasteiger partial charge is 0.262 e. The SMILES string of the molecule is CN(C)CCCNC(=O)Cn1cccc1C=C1Sc2ccccc2NC1=O. The number of amides is 2. The fraction of sp³-hybridized carbons (Fsp3) is 0.300. The molecule has 27 heavy (non-hydrogen) atoms. The van der Waals surface area contributed by atoms with Crippen molar-refractivity contribution < 1.29 is 9.59 Å². The standard InChI is InChI=1S/C20H24N4O2S/c1-23(2)11-6-10-21-19(25)14-24-12-5-7-15(24)13-18-20(26)22-16-8-3-4-9-17(16)27-18/h3-5,7-9,12-13H,6,10-11,14H2,1-2H3,(H,21,25)(H,22,26). The summed E-state index contributed by atoms with van der Waals surface area (Å²) in [7, 11) is 4.03. The van der Waals surface area contributed by atoms with Gasteiger partial charge in [-0.3, -0.25) is 9.59 Å². The van der Waals surface area contributed by atoms with Crippen molar-refractivity contribution in [3.63, 3.8) is 0 Å². The van der Waals surface area contributed by atoms with Gasteiger partial charge in [-0.15, -0.1) is 0 Å². The van der Waals surface area contributed by atoms with E-state index in [4.69, 9.17) is 0 Å². The van der Waals surface area contributed by atoms with Gasteiger partial charge in [-0.2, -0.15) is 0 Å². The average Bonchev–Trinajstić information content (AvgIpc) is 3.06. The van der Waals surface area contributed by atoms with Gasteiger partial charge in [0.05, 0.1) is 10.6 Å². The highest BCUT2D eigenvalue weighted by Gasteiger charge is 2.21. The molecule has 0 atom stereocenters. The highest BCUT2D eigenvalue weighted by atomic mass is 32.2. The zero-order valence-corrected chi connectivity index (χ0v) is 16.4. The Bertz CT molecular complexity index is 857. The number of para-hydroxylation sites is 1. The fourth-order valence-electron chi connectivity index (χ4n) is 2.77. The van der Waals surface area contributed by atoms with Crippen LogP contribution in [-0.2, 0) is 16.1 Å². The van der Waals surface area contributed by atoms with E-state index in [1.807, 2.05) is 67.3 Å². The molecule has 6 nitrogen and oxygen atoms in total. The molecule has 0 aliphatic carbocycles. The maximum atomic E-state index is 12.4. The van der Waals surface area contributed by atoms with Crippen molar-refractivity contribution in [2.24, 2.45) is 0 Å². The highest BCUT2D eigenvalue weighted by Crippen LogP contribution is 2.38. The second kappa shape index (κ2) is 8.92. The lowest BCUT2D eigenvalue weighted by Gasteiger charge is -2.18. The Labute approximate surface area is 163 Å². The van der Waals surface area contributed by atoms with Crippen molar-refractivity contribution >= 4 is 35.3 Å². The molecule has 2 aromatic rings. The molecule has 0 bridgehead atoms. The number of fused-ring (bicyclic) bond motifs is 1. The van der Waals surface area contributed by atoms with Crippen molar-refractivity contribution in [1.29, 1.82) is 0 Å². The minimum absolute atomic E-state index is 0.0318. The predicted octanol–water partition coefficient (Wildman–Crippen LogP) is 2.64. The quantitative estimate of drug-likeness (QED) is 0.569. The van der Waals surface area contributed by atoms with Crippen LogP contribution in [0.2, 0.25) is 0 Å². The minimum Gasteiger partial charge on any atom is -0.355 e. The fourth-order valence-corrected chi connectivity index (χ4v) is 3.71. The first-order chi connectivity index (χ1) is 13.0. The van der Waals surface area contributed by atoms with Crippen molar-refractivity contribution in [3.8, 4) is 0 Å². The van der Waals surface area contributed by atoms with Gasteiger partial charge >= 0.3 is 0 Å². The third-order valence-corrected chi connectivity index (χ3v) is 5.24. The third-order valence-electron chi connectivity index (χ3n) is 4.14. The number of benzene rings is 1. The van der Waals surface area contributed by atoms with Crippen LogP contribution in [0.1, 0.15) is 12.1 Å². The summed E-state index contributed by atoms with van der Waals surface area (Å²) in [5.41, 5.74) is 1.66. The van der Waals surface area contributed by atoms with Gasteiger partial charge in [0.2, 0.25) is 5.91 Å².